The van der Waals surface area contributed by atoms with E-state index in [-0.39, 0.29) is 17.9 Å². The van der Waals surface area contributed by atoms with Gasteiger partial charge in [0.2, 0.25) is 5.91 Å². The Labute approximate surface area is 165 Å². The average molecular weight is 392 g/mol. The van der Waals surface area contributed by atoms with Gasteiger partial charge in [-0.2, -0.15) is 0 Å². The van der Waals surface area contributed by atoms with Gasteiger partial charge in [-0.3, -0.25) is 14.5 Å². The van der Waals surface area contributed by atoms with E-state index >= 15 is 0 Å². The summed E-state index contributed by atoms with van der Waals surface area (Å²) in [6.07, 6.45) is 3.95. The number of ether oxygens (including phenoxy) is 1. The molecule has 3 saturated heterocycles. The molecule has 4 rings (SSSR count). The van der Waals surface area contributed by atoms with Crippen molar-refractivity contribution in [3.63, 3.8) is 0 Å². The summed E-state index contributed by atoms with van der Waals surface area (Å²) in [5, 5.41) is 1.92. The van der Waals surface area contributed by atoms with Crippen LogP contribution in [0.15, 0.2) is 17.5 Å². The lowest BCUT2D eigenvalue weighted by Gasteiger charge is -2.41. The number of carbonyl (C=O) groups is 2. The number of likely N-dealkylation sites (tertiary alicyclic amines) is 1. The number of hydrogen-bond donors (Lipinski definition) is 0. The number of rotatable bonds is 4. The first-order valence-electron chi connectivity index (χ1n) is 10.2. The largest absolute Gasteiger partial charge is 0.381 e. The maximum atomic E-state index is 13.2. The SMILES string of the molecule is O=C(C1CCCCN1C(=O)c1cccs1)N1CCN(CC2CCOC2)CC1. The lowest BCUT2D eigenvalue weighted by molar-refractivity contribution is -0.139. The molecular weight excluding hydrogens is 362 g/mol. The van der Waals surface area contributed by atoms with E-state index in [9.17, 15) is 9.59 Å². The molecule has 3 fully saturated rings. The second-order valence-corrected chi connectivity index (χ2v) is 8.79. The second-order valence-electron chi connectivity index (χ2n) is 7.84. The van der Waals surface area contributed by atoms with Crippen LogP contribution in [-0.4, -0.2) is 85.0 Å². The van der Waals surface area contributed by atoms with Gasteiger partial charge in [0.05, 0.1) is 11.5 Å². The molecule has 0 bridgehead atoms. The van der Waals surface area contributed by atoms with E-state index in [4.69, 9.17) is 4.74 Å². The smallest absolute Gasteiger partial charge is 0.264 e. The van der Waals surface area contributed by atoms with Crippen molar-refractivity contribution in [3.8, 4) is 0 Å². The van der Waals surface area contributed by atoms with Gasteiger partial charge in [-0.05, 0) is 43.0 Å². The molecule has 0 N–H and O–H groups in total. The van der Waals surface area contributed by atoms with Crippen LogP contribution in [0.2, 0.25) is 0 Å². The molecule has 0 aromatic carbocycles. The summed E-state index contributed by atoms with van der Waals surface area (Å²) in [7, 11) is 0. The fourth-order valence-electron chi connectivity index (χ4n) is 4.43. The van der Waals surface area contributed by atoms with Crippen LogP contribution in [0.5, 0.6) is 0 Å². The summed E-state index contributed by atoms with van der Waals surface area (Å²) < 4.78 is 5.47. The Hall–Kier alpha value is -1.44. The van der Waals surface area contributed by atoms with Gasteiger partial charge in [-0.25, -0.2) is 0 Å². The molecule has 0 spiro atoms. The molecule has 0 saturated carbocycles. The van der Waals surface area contributed by atoms with Gasteiger partial charge in [-0.1, -0.05) is 6.07 Å². The van der Waals surface area contributed by atoms with Gasteiger partial charge in [0, 0.05) is 45.9 Å². The fourth-order valence-corrected chi connectivity index (χ4v) is 5.11. The predicted molar refractivity (Wildman–Crippen MR) is 105 cm³/mol. The summed E-state index contributed by atoms with van der Waals surface area (Å²) >= 11 is 1.46. The maximum Gasteiger partial charge on any atom is 0.264 e. The molecule has 1 aromatic heterocycles. The summed E-state index contributed by atoms with van der Waals surface area (Å²) in [6, 6.07) is 3.46. The van der Waals surface area contributed by atoms with Crippen molar-refractivity contribution in [3.05, 3.63) is 22.4 Å². The third kappa shape index (κ3) is 4.36. The first kappa shape index (κ1) is 18.9. The average Bonchev–Trinajstić information content (AvgIpc) is 3.42. The van der Waals surface area contributed by atoms with Gasteiger partial charge in [0.15, 0.2) is 0 Å². The molecule has 148 valence electrons. The van der Waals surface area contributed by atoms with Crippen molar-refractivity contribution in [1.82, 2.24) is 14.7 Å². The molecule has 27 heavy (non-hydrogen) atoms. The first-order valence-corrected chi connectivity index (χ1v) is 11.0. The van der Waals surface area contributed by atoms with Crippen molar-refractivity contribution >= 4 is 23.2 Å². The molecule has 6 nitrogen and oxygen atoms in total. The van der Waals surface area contributed by atoms with Crippen LogP contribution in [0.3, 0.4) is 0 Å². The number of amides is 2. The highest BCUT2D eigenvalue weighted by molar-refractivity contribution is 7.12. The minimum absolute atomic E-state index is 0.0166. The number of carbonyl (C=O) groups excluding carboxylic acids is 2. The zero-order valence-electron chi connectivity index (χ0n) is 15.8. The van der Waals surface area contributed by atoms with Crippen LogP contribution in [-0.2, 0) is 9.53 Å². The van der Waals surface area contributed by atoms with Crippen LogP contribution >= 0.6 is 11.3 Å². The van der Waals surface area contributed by atoms with Crippen LogP contribution in [0.4, 0.5) is 0 Å². The van der Waals surface area contributed by atoms with Gasteiger partial charge in [0.1, 0.15) is 6.04 Å². The summed E-state index contributed by atoms with van der Waals surface area (Å²) in [5.41, 5.74) is 0. The predicted octanol–water partition coefficient (Wildman–Crippen LogP) is 1.92. The Balaban J connectivity index is 1.34. The lowest BCUT2D eigenvalue weighted by Crippen LogP contribution is -2.57. The fraction of sp³-hybridized carbons (Fsp3) is 0.700. The highest BCUT2D eigenvalue weighted by Crippen LogP contribution is 2.24. The van der Waals surface area contributed by atoms with E-state index < -0.39 is 0 Å². The number of piperidine rings is 1. The highest BCUT2D eigenvalue weighted by Gasteiger charge is 2.36. The minimum Gasteiger partial charge on any atom is -0.381 e. The standard InChI is InChI=1S/C20H29N3O3S/c24-19(22-10-8-21(9-11-22)14-16-6-12-26-15-16)17-4-1-2-7-23(17)20(25)18-5-3-13-27-18/h3,5,13,16-17H,1-2,4,6-12,14-15H2. The topological polar surface area (TPSA) is 53.1 Å². The summed E-state index contributed by atoms with van der Waals surface area (Å²) in [4.78, 5) is 33.0. The Morgan fingerprint density at radius 1 is 1.11 bits per heavy atom. The molecule has 0 aliphatic carbocycles. The van der Waals surface area contributed by atoms with E-state index in [2.05, 4.69) is 4.90 Å². The molecular formula is C20H29N3O3S. The first-order chi connectivity index (χ1) is 13.2. The van der Waals surface area contributed by atoms with E-state index in [1.54, 1.807) is 0 Å². The Bertz CT molecular complexity index is 637. The van der Waals surface area contributed by atoms with E-state index in [1.807, 2.05) is 27.3 Å². The highest BCUT2D eigenvalue weighted by atomic mass is 32.1. The van der Waals surface area contributed by atoms with Crippen molar-refractivity contribution in [2.45, 2.75) is 31.7 Å². The van der Waals surface area contributed by atoms with Gasteiger partial charge < -0.3 is 14.5 Å². The van der Waals surface area contributed by atoms with E-state index in [0.29, 0.717) is 12.5 Å². The zero-order chi connectivity index (χ0) is 18.6. The monoisotopic (exact) mass is 391 g/mol. The molecule has 7 heteroatoms. The normalized spacial score (nSPS) is 27.1. The second kappa shape index (κ2) is 8.71. The summed E-state index contributed by atoms with van der Waals surface area (Å²) in [5.74, 6) is 0.802. The van der Waals surface area contributed by atoms with Gasteiger partial charge >= 0.3 is 0 Å². The molecule has 2 atom stereocenters. The Kier molecular flexibility index (Phi) is 6.10. The van der Waals surface area contributed by atoms with Crippen LogP contribution in [0, 0.1) is 5.92 Å². The number of piperazine rings is 1. The van der Waals surface area contributed by atoms with Gasteiger partial charge in [0.25, 0.3) is 5.91 Å². The molecule has 1 aromatic rings. The minimum atomic E-state index is -0.289. The number of nitrogens with zero attached hydrogens (tertiary/aromatic N) is 3. The Morgan fingerprint density at radius 3 is 2.67 bits per heavy atom. The van der Waals surface area contributed by atoms with Crippen LogP contribution in [0.25, 0.3) is 0 Å². The van der Waals surface area contributed by atoms with Gasteiger partial charge in [-0.15, -0.1) is 11.3 Å². The number of hydrogen-bond acceptors (Lipinski definition) is 5. The van der Waals surface area contributed by atoms with Crippen molar-refractivity contribution in [1.29, 1.82) is 0 Å². The lowest BCUT2D eigenvalue weighted by atomic mass is 10.00. The molecule has 3 aliphatic rings. The van der Waals surface area contributed by atoms with Crippen molar-refractivity contribution in [2.75, 3.05) is 52.5 Å². The molecule has 2 amide bonds. The molecule has 2 unspecified atom stereocenters. The summed E-state index contributed by atoms with van der Waals surface area (Å²) in [6.45, 7) is 6.92. The third-order valence-corrected chi connectivity index (χ3v) is 6.86. The van der Waals surface area contributed by atoms with Crippen molar-refractivity contribution < 1.29 is 14.3 Å². The zero-order valence-corrected chi connectivity index (χ0v) is 16.7. The molecule has 4 heterocycles. The van der Waals surface area contributed by atoms with Crippen molar-refractivity contribution in [2.24, 2.45) is 5.92 Å². The quantitative estimate of drug-likeness (QED) is 0.787. The Morgan fingerprint density at radius 2 is 1.96 bits per heavy atom. The maximum absolute atomic E-state index is 13.2. The number of thiophene rings is 1. The van der Waals surface area contributed by atoms with Crippen LogP contribution in [0.1, 0.15) is 35.4 Å². The van der Waals surface area contributed by atoms with Crippen LogP contribution < -0.4 is 0 Å². The molecule has 0 radical (unpaired) electrons. The van der Waals surface area contributed by atoms with E-state index in [0.717, 1.165) is 76.5 Å². The molecule has 3 aliphatic heterocycles. The third-order valence-electron chi connectivity index (χ3n) is 6.01. The van der Waals surface area contributed by atoms with E-state index in [1.165, 1.54) is 11.3 Å².